The van der Waals surface area contributed by atoms with Gasteiger partial charge in [0, 0.05) is 13.1 Å². The molecule has 1 aliphatic rings. The van der Waals surface area contributed by atoms with Crippen LogP contribution < -0.4 is 5.32 Å². The van der Waals surface area contributed by atoms with E-state index < -0.39 is 12.0 Å². The van der Waals surface area contributed by atoms with E-state index in [-0.39, 0.29) is 11.9 Å². The van der Waals surface area contributed by atoms with Gasteiger partial charge in [-0.15, -0.1) is 0 Å². The molecule has 0 aliphatic carbocycles. The van der Waals surface area contributed by atoms with Crippen molar-refractivity contribution in [2.45, 2.75) is 39.2 Å². The van der Waals surface area contributed by atoms with Gasteiger partial charge in [-0.1, -0.05) is 13.8 Å². The molecule has 16 heavy (non-hydrogen) atoms. The van der Waals surface area contributed by atoms with Crippen molar-refractivity contribution in [1.29, 1.82) is 0 Å². The molecule has 0 unspecified atom stereocenters. The fourth-order valence-corrected chi connectivity index (χ4v) is 1.85. The van der Waals surface area contributed by atoms with E-state index in [0.29, 0.717) is 6.42 Å². The molecule has 2 amide bonds. The van der Waals surface area contributed by atoms with E-state index in [4.69, 9.17) is 5.11 Å². The topological polar surface area (TPSA) is 69.6 Å². The molecule has 0 radical (unpaired) electrons. The van der Waals surface area contributed by atoms with Crippen LogP contribution in [0.25, 0.3) is 0 Å². The molecule has 0 saturated carbocycles. The number of urea groups is 1. The lowest BCUT2D eigenvalue weighted by atomic mass is 10.0. The Hall–Kier alpha value is -1.26. The highest BCUT2D eigenvalue weighted by molar-refractivity contribution is 5.82. The third kappa shape index (κ3) is 3.72. The Bertz CT molecular complexity index is 260. The number of hydrogen-bond donors (Lipinski definition) is 2. The summed E-state index contributed by atoms with van der Waals surface area (Å²) in [5.74, 6) is -0.707. The van der Waals surface area contributed by atoms with Crippen molar-refractivity contribution >= 4 is 12.0 Å². The number of carboxylic acid groups (broad SMARTS) is 1. The zero-order valence-corrected chi connectivity index (χ0v) is 9.90. The first-order valence-corrected chi connectivity index (χ1v) is 5.79. The number of carbonyl (C=O) groups is 2. The van der Waals surface area contributed by atoms with Crippen molar-refractivity contribution in [3.63, 3.8) is 0 Å². The molecule has 1 aliphatic heterocycles. The Morgan fingerprint density at radius 3 is 2.31 bits per heavy atom. The third-order valence-electron chi connectivity index (χ3n) is 2.70. The summed E-state index contributed by atoms with van der Waals surface area (Å²) in [5.41, 5.74) is 0. The number of likely N-dealkylation sites (tertiary alicyclic amines) is 1. The van der Waals surface area contributed by atoms with Crippen molar-refractivity contribution in [2.75, 3.05) is 13.1 Å². The molecule has 0 bridgehead atoms. The number of hydrogen-bond acceptors (Lipinski definition) is 2. The molecular weight excluding hydrogens is 208 g/mol. The second kappa shape index (κ2) is 5.72. The van der Waals surface area contributed by atoms with Gasteiger partial charge in [-0.3, -0.25) is 0 Å². The van der Waals surface area contributed by atoms with Crippen molar-refractivity contribution < 1.29 is 14.7 Å². The molecule has 0 aromatic carbocycles. The monoisotopic (exact) mass is 228 g/mol. The van der Waals surface area contributed by atoms with Gasteiger partial charge in [0.2, 0.25) is 0 Å². The SMILES string of the molecule is CC(C)C[C@H](NC(=O)N1CCCC1)C(=O)O. The van der Waals surface area contributed by atoms with Gasteiger partial charge >= 0.3 is 12.0 Å². The maximum absolute atomic E-state index is 11.7. The second-order valence-electron chi connectivity index (χ2n) is 4.66. The molecule has 5 nitrogen and oxygen atoms in total. The molecule has 92 valence electrons. The van der Waals surface area contributed by atoms with Crippen molar-refractivity contribution in [3.05, 3.63) is 0 Å². The predicted molar refractivity (Wildman–Crippen MR) is 60.2 cm³/mol. The van der Waals surface area contributed by atoms with E-state index in [9.17, 15) is 9.59 Å². The van der Waals surface area contributed by atoms with E-state index in [2.05, 4.69) is 5.32 Å². The lowest BCUT2D eigenvalue weighted by Gasteiger charge is -2.21. The van der Waals surface area contributed by atoms with Crippen LogP contribution in [0.4, 0.5) is 4.79 Å². The zero-order chi connectivity index (χ0) is 12.1. The first-order valence-electron chi connectivity index (χ1n) is 5.79. The number of nitrogens with zero attached hydrogens (tertiary/aromatic N) is 1. The van der Waals surface area contributed by atoms with Gasteiger partial charge in [0.1, 0.15) is 6.04 Å². The van der Waals surface area contributed by atoms with Crippen LogP contribution in [0.5, 0.6) is 0 Å². The average molecular weight is 228 g/mol. The molecule has 1 saturated heterocycles. The largest absolute Gasteiger partial charge is 0.480 e. The van der Waals surface area contributed by atoms with Gasteiger partial charge in [-0.05, 0) is 25.2 Å². The minimum Gasteiger partial charge on any atom is -0.480 e. The Labute approximate surface area is 95.8 Å². The quantitative estimate of drug-likeness (QED) is 0.761. The van der Waals surface area contributed by atoms with Crippen LogP contribution >= 0.6 is 0 Å². The summed E-state index contributed by atoms with van der Waals surface area (Å²) in [6.07, 6.45) is 2.49. The van der Waals surface area contributed by atoms with Crippen LogP contribution in [-0.2, 0) is 4.79 Å². The smallest absolute Gasteiger partial charge is 0.326 e. The average Bonchev–Trinajstić information content (AvgIpc) is 2.68. The lowest BCUT2D eigenvalue weighted by molar-refractivity contribution is -0.139. The number of carbonyl (C=O) groups excluding carboxylic acids is 1. The molecule has 1 heterocycles. The molecule has 1 rings (SSSR count). The Kier molecular flexibility index (Phi) is 4.58. The highest BCUT2D eigenvalue weighted by Gasteiger charge is 2.25. The fourth-order valence-electron chi connectivity index (χ4n) is 1.85. The van der Waals surface area contributed by atoms with E-state index in [0.717, 1.165) is 25.9 Å². The highest BCUT2D eigenvalue weighted by atomic mass is 16.4. The summed E-state index contributed by atoms with van der Waals surface area (Å²) < 4.78 is 0. The van der Waals surface area contributed by atoms with Crippen LogP contribution in [0.15, 0.2) is 0 Å². The van der Waals surface area contributed by atoms with Gasteiger partial charge in [-0.25, -0.2) is 9.59 Å². The van der Waals surface area contributed by atoms with Crippen molar-refractivity contribution in [2.24, 2.45) is 5.92 Å². The highest BCUT2D eigenvalue weighted by Crippen LogP contribution is 2.09. The normalized spacial score (nSPS) is 17.6. The fraction of sp³-hybridized carbons (Fsp3) is 0.818. The van der Waals surface area contributed by atoms with Crippen LogP contribution in [0, 0.1) is 5.92 Å². The summed E-state index contributed by atoms with van der Waals surface area (Å²) in [6, 6.07) is -1.02. The van der Waals surface area contributed by atoms with Gasteiger partial charge in [-0.2, -0.15) is 0 Å². The molecule has 1 fully saturated rings. The third-order valence-corrected chi connectivity index (χ3v) is 2.70. The number of amides is 2. The van der Waals surface area contributed by atoms with Gasteiger partial charge in [0.25, 0.3) is 0 Å². The number of nitrogens with one attached hydrogen (secondary N) is 1. The zero-order valence-electron chi connectivity index (χ0n) is 9.90. The van der Waals surface area contributed by atoms with Crippen LogP contribution in [-0.4, -0.2) is 41.1 Å². The standard InChI is InChI=1S/C11H20N2O3/c1-8(2)7-9(10(14)15)12-11(16)13-5-3-4-6-13/h8-9H,3-7H2,1-2H3,(H,12,16)(H,14,15)/t9-/m0/s1. The van der Waals surface area contributed by atoms with Gasteiger partial charge in [0.15, 0.2) is 0 Å². The molecular formula is C11H20N2O3. The van der Waals surface area contributed by atoms with Crippen molar-refractivity contribution in [1.82, 2.24) is 10.2 Å². The summed E-state index contributed by atoms with van der Waals surface area (Å²) in [4.78, 5) is 24.3. The molecule has 0 aromatic heterocycles. The number of aliphatic carboxylic acids is 1. The van der Waals surface area contributed by atoms with Crippen molar-refractivity contribution in [3.8, 4) is 0 Å². The van der Waals surface area contributed by atoms with E-state index in [1.165, 1.54) is 0 Å². The summed E-state index contributed by atoms with van der Waals surface area (Å²) in [7, 11) is 0. The summed E-state index contributed by atoms with van der Waals surface area (Å²) in [5, 5.41) is 11.6. The molecule has 1 atom stereocenters. The predicted octanol–water partition coefficient (Wildman–Crippen LogP) is 1.29. The maximum Gasteiger partial charge on any atom is 0.326 e. The first-order chi connectivity index (χ1) is 7.50. The molecule has 2 N–H and O–H groups in total. The van der Waals surface area contributed by atoms with E-state index in [1.54, 1.807) is 4.90 Å². The first kappa shape index (κ1) is 12.8. The van der Waals surface area contributed by atoms with Gasteiger partial charge in [0.05, 0.1) is 0 Å². The molecule has 0 aromatic rings. The lowest BCUT2D eigenvalue weighted by Crippen LogP contribution is -2.47. The van der Waals surface area contributed by atoms with Gasteiger partial charge < -0.3 is 15.3 Å². The maximum atomic E-state index is 11.7. The molecule has 0 spiro atoms. The van der Waals surface area contributed by atoms with Crippen LogP contribution in [0.2, 0.25) is 0 Å². The minimum atomic E-state index is -0.957. The van der Waals surface area contributed by atoms with Crippen LogP contribution in [0.3, 0.4) is 0 Å². The molecule has 5 heteroatoms. The number of rotatable bonds is 4. The second-order valence-corrected chi connectivity index (χ2v) is 4.66. The summed E-state index contributed by atoms with van der Waals surface area (Å²) in [6.45, 7) is 5.36. The Morgan fingerprint density at radius 1 is 1.31 bits per heavy atom. The Balaban J connectivity index is 2.47. The Morgan fingerprint density at radius 2 is 1.88 bits per heavy atom. The summed E-state index contributed by atoms with van der Waals surface area (Å²) >= 11 is 0. The minimum absolute atomic E-state index is 0.245. The number of carboxylic acids is 1. The van der Waals surface area contributed by atoms with E-state index in [1.807, 2.05) is 13.8 Å². The van der Waals surface area contributed by atoms with E-state index >= 15 is 0 Å². The van der Waals surface area contributed by atoms with Crippen LogP contribution in [0.1, 0.15) is 33.1 Å².